The minimum absolute atomic E-state index is 0.291. The molecule has 120 valence electrons. The van der Waals surface area contributed by atoms with Gasteiger partial charge in [-0.15, -0.1) is 0 Å². The van der Waals surface area contributed by atoms with E-state index in [9.17, 15) is 19.7 Å². The molecule has 22 heavy (non-hydrogen) atoms. The lowest BCUT2D eigenvalue weighted by Gasteiger charge is -2.39. The minimum Gasteiger partial charge on any atom is -0.460 e. The number of aliphatic hydroxyl groups is 4. The van der Waals surface area contributed by atoms with E-state index in [0.717, 1.165) is 0 Å². The van der Waals surface area contributed by atoms with Gasteiger partial charge in [0, 0.05) is 11.6 Å². The molecule has 7 nitrogen and oxygen atoms in total. The Bertz CT molecular complexity index is 660. The number of fused-ring (bicyclic) bond motifs is 1. The first-order valence-corrected chi connectivity index (χ1v) is 6.75. The monoisotopic (exact) mass is 313 g/mol. The lowest BCUT2D eigenvalue weighted by molar-refractivity contribution is -0.277. The minimum atomic E-state index is -1.52. The number of halogens is 1. The summed E-state index contributed by atoms with van der Waals surface area (Å²) in [5, 5.41) is 39.0. The Morgan fingerprint density at radius 1 is 1.18 bits per heavy atom. The number of aliphatic hydroxyl groups excluding tert-OH is 4. The molecule has 1 aromatic carbocycles. The fraction of sp³-hybridized carbons (Fsp3) is 0.429. The zero-order chi connectivity index (χ0) is 15.9. The standard InChI is InChI=1S/C14H16FNO6/c15-6-1-2-7-8(3-6)16-4-9(7)21-14-13(20)12(19)11(18)10(5-17)22-14/h1-4,10-14,16-20H,5H2/t10-,11+,12-,13-,14-/m1/s1. The van der Waals surface area contributed by atoms with Crippen LogP contribution >= 0.6 is 0 Å². The van der Waals surface area contributed by atoms with Crippen LogP contribution in [0.3, 0.4) is 0 Å². The molecule has 1 fully saturated rings. The van der Waals surface area contributed by atoms with E-state index >= 15 is 0 Å². The van der Waals surface area contributed by atoms with Gasteiger partial charge >= 0.3 is 0 Å². The van der Waals surface area contributed by atoms with Gasteiger partial charge in [-0.25, -0.2) is 4.39 Å². The van der Waals surface area contributed by atoms with Gasteiger partial charge in [0.25, 0.3) is 0 Å². The molecule has 2 heterocycles. The Morgan fingerprint density at radius 3 is 2.68 bits per heavy atom. The highest BCUT2D eigenvalue weighted by atomic mass is 19.1. The lowest BCUT2D eigenvalue weighted by atomic mass is 9.99. The summed E-state index contributed by atoms with van der Waals surface area (Å²) in [6.45, 7) is -0.538. The van der Waals surface area contributed by atoms with Gasteiger partial charge in [0.1, 0.15) is 36.0 Å². The Kier molecular flexibility index (Phi) is 4.02. The van der Waals surface area contributed by atoms with Crippen molar-refractivity contribution in [3.63, 3.8) is 0 Å². The fourth-order valence-corrected chi connectivity index (χ4v) is 2.46. The van der Waals surface area contributed by atoms with E-state index in [1.54, 1.807) is 0 Å². The summed E-state index contributed by atoms with van der Waals surface area (Å²) in [5.41, 5.74) is 0.500. The highest BCUT2D eigenvalue weighted by Gasteiger charge is 2.44. The molecule has 0 unspecified atom stereocenters. The third kappa shape index (κ3) is 2.55. The van der Waals surface area contributed by atoms with Crippen LogP contribution < -0.4 is 4.74 Å². The SMILES string of the molecule is OC[C@H]1O[C@@H](Oc2c[nH]c3cc(F)ccc23)[C@H](O)[C@H](O)[C@H]1O. The molecule has 8 heteroatoms. The van der Waals surface area contributed by atoms with Gasteiger partial charge in [-0.3, -0.25) is 0 Å². The Morgan fingerprint density at radius 2 is 1.95 bits per heavy atom. The number of hydrogen-bond acceptors (Lipinski definition) is 6. The third-order valence-corrected chi connectivity index (χ3v) is 3.70. The summed E-state index contributed by atoms with van der Waals surface area (Å²) in [6, 6.07) is 4.05. The maximum absolute atomic E-state index is 13.1. The summed E-state index contributed by atoms with van der Waals surface area (Å²) >= 11 is 0. The molecule has 3 rings (SSSR count). The maximum Gasteiger partial charge on any atom is 0.229 e. The molecule has 0 spiro atoms. The molecule has 5 N–H and O–H groups in total. The number of aromatic nitrogens is 1. The van der Waals surface area contributed by atoms with Gasteiger partial charge in [0.15, 0.2) is 0 Å². The van der Waals surface area contributed by atoms with Gasteiger partial charge in [-0.1, -0.05) is 0 Å². The fourth-order valence-electron chi connectivity index (χ4n) is 2.46. The molecule has 1 aromatic heterocycles. The second kappa shape index (κ2) is 5.82. The number of H-pyrrole nitrogens is 1. The summed E-state index contributed by atoms with van der Waals surface area (Å²) in [5.74, 6) is -0.118. The van der Waals surface area contributed by atoms with Crippen LogP contribution in [0.15, 0.2) is 24.4 Å². The summed E-state index contributed by atoms with van der Waals surface area (Å²) in [7, 11) is 0. The predicted molar refractivity (Wildman–Crippen MR) is 72.7 cm³/mol. The summed E-state index contributed by atoms with van der Waals surface area (Å²) in [6.07, 6.45) is -5.32. The zero-order valence-electron chi connectivity index (χ0n) is 11.4. The predicted octanol–water partition coefficient (Wildman–Crippen LogP) is -0.514. The van der Waals surface area contributed by atoms with E-state index in [4.69, 9.17) is 14.6 Å². The molecule has 1 saturated heterocycles. The highest BCUT2D eigenvalue weighted by molar-refractivity contribution is 5.86. The van der Waals surface area contributed by atoms with E-state index in [1.807, 2.05) is 0 Å². The van der Waals surface area contributed by atoms with E-state index in [1.165, 1.54) is 24.4 Å². The van der Waals surface area contributed by atoms with E-state index < -0.39 is 43.1 Å². The summed E-state index contributed by atoms with van der Waals surface area (Å²) in [4.78, 5) is 2.82. The molecule has 0 aliphatic carbocycles. The van der Waals surface area contributed by atoms with Gasteiger partial charge in [-0.2, -0.15) is 0 Å². The van der Waals surface area contributed by atoms with Gasteiger partial charge in [-0.05, 0) is 18.2 Å². The molecule has 1 aliphatic heterocycles. The van der Waals surface area contributed by atoms with Crippen molar-refractivity contribution < 1.29 is 34.3 Å². The molecule has 0 radical (unpaired) electrons. The van der Waals surface area contributed by atoms with Crippen LogP contribution in [0.25, 0.3) is 10.9 Å². The van der Waals surface area contributed by atoms with Gasteiger partial charge in [0.05, 0.1) is 12.1 Å². The van der Waals surface area contributed by atoms with Crippen LogP contribution in [0.2, 0.25) is 0 Å². The Hall–Kier alpha value is -1.71. The number of hydrogen-bond donors (Lipinski definition) is 5. The summed E-state index contributed by atoms with van der Waals surface area (Å²) < 4.78 is 23.9. The Balaban J connectivity index is 1.84. The molecule has 5 atom stereocenters. The lowest BCUT2D eigenvalue weighted by Crippen LogP contribution is -2.60. The number of benzene rings is 1. The number of ether oxygens (including phenoxy) is 2. The molecule has 0 saturated carbocycles. The van der Waals surface area contributed by atoms with Crippen molar-refractivity contribution in [2.45, 2.75) is 30.7 Å². The van der Waals surface area contributed by atoms with Gasteiger partial charge < -0.3 is 34.9 Å². The number of nitrogens with one attached hydrogen (secondary N) is 1. The van der Waals surface area contributed by atoms with Crippen LogP contribution in [-0.4, -0.2) is 62.7 Å². The molecular formula is C14H16FNO6. The zero-order valence-corrected chi connectivity index (χ0v) is 11.4. The maximum atomic E-state index is 13.1. The second-order valence-corrected chi connectivity index (χ2v) is 5.16. The van der Waals surface area contributed by atoms with E-state index in [0.29, 0.717) is 16.7 Å². The average Bonchev–Trinajstić information content (AvgIpc) is 2.90. The third-order valence-electron chi connectivity index (χ3n) is 3.70. The second-order valence-electron chi connectivity index (χ2n) is 5.16. The van der Waals surface area contributed by atoms with E-state index in [-0.39, 0.29) is 0 Å². The first kappa shape index (κ1) is 15.2. The molecular weight excluding hydrogens is 297 g/mol. The molecule has 1 aliphatic rings. The molecule has 2 aromatic rings. The van der Waals surface area contributed by atoms with Crippen molar-refractivity contribution in [1.29, 1.82) is 0 Å². The van der Waals surface area contributed by atoms with Gasteiger partial charge in [0.2, 0.25) is 6.29 Å². The van der Waals surface area contributed by atoms with Crippen LogP contribution in [-0.2, 0) is 4.74 Å². The van der Waals surface area contributed by atoms with Crippen molar-refractivity contribution in [2.24, 2.45) is 0 Å². The normalized spacial score (nSPS) is 32.3. The van der Waals surface area contributed by atoms with Crippen molar-refractivity contribution in [3.05, 3.63) is 30.2 Å². The van der Waals surface area contributed by atoms with Crippen LogP contribution in [0.4, 0.5) is 4.39 Å². The smallest absolute Gasteiger partial charge is 0.229 e. The number of rotatable bonds is 3. The molecule has 0 amide bonds. The van der Waals surface area contributed by atoms with Crippen LogP contribution in [0, 0.1) is 5.82 Å². The topological polar surface area (TPSA) is 115 Å². The number of aromatic amines is 1. The van der Waals surface area contributed by atoms with E-state index in [2.05, 4.69) is 4.98 Å². The first-order chi connectivity index (χ1) is 10.5. The van der Waals surface area contributed by atoms with Crippen molar-refractivity contribution in [2.75, 3.05) is 6.61 Å². The molecule has 0 bridgehead atoms. The van der Waals surface area contributed by atoms with Crippen LogP contribution in [0.5, 0.6) is 5.75 Å². The van der Waals surface area contributed by atoms with Crippen molar-refractivity contribution in [3.8, 4) is 5.75 Å². The van der Waals surface area contributed by atoms with Crippen LogP contribution in [0.1, 0.15) is 0 Å². The highest BCUT2D eigenvalue weighted by Crippen LogP contribution is 2.30. The van der Waals surface area contributed by atoms with Crippen molar-refractivity contribution in [1.82, 2.24) is 4.98 Å². The largest absolute Gasteiger partial charge is 0.460 e. The average molecular weight is 313 g/mol. The Labute approximate surface area is 124 Å². The quantitative estimate of drug-likeness (QED) is 0.521. The van der Waals surface area contributed by atoms with Crippen molar-refractivity contribution >= 4 is 10.9 Å². The first-order valence-electron chi connectivity index (χ1n) is 6.75.